The first kappa shape index (κ1) is 20.9. The van der Waals surface area contributed by atoms with E-state index in [4.69, 9.17) is 14.0 Å². The molecule has 1 saturated heterocycles. The summed E-state index contributed by atoms with van der Waals surface area (Å²) in [5.41, 5.74) is 1.88. The maximum absolute atomic E-state index is 12.5. The van der Waals surface area contributed by atoms with Gasteiger partial charge in [-0.2, -0.15) is 4.98 Å². The third-order valence-corrected chi connectivity index (χ3v) is 5.21. The molecule has 4 rings (SSSR count). The molecule has 0 N–H and O–H groups in total. The maximum atomic E-state index is 12.5. The molecule has 1 amide bonds. The summed E-state index contributed by atoms with van der Waals surface area (Å²) >= 11 is 0. The Bertz CT molecular complexity index is 1030. The number of hydrogen-bond donors (Lipinski definition) is 0. The van der Waals surface area contributed by atoms with Gasteiger partial charge in [-0.15, -0.1) is 0 Å². The van der Waals surface area contributed by atoms with Gasteiger partial charge in [-0.05, 0) is 47.9 Å². The standard InChI is InChI=1S/C24H27N3O4/c1-16(2)15-30-20-9-7-18(8-10-20)23-25-24(31-26-23)19-12-22(28)27(14-19)13-17-5-4-6-21(11-17)29-3/h4-11,16,19H,12-15H2,1-3H3. The predicted octanol–water partition coefficient (Wildman–Crippen LogP) is 4.30. The molecule has 0 bridgehead atoms. The van der Waals surface area contributed by atoms with E-state index in [2.05, 4.69) is 24.0 Å². The normalized spacial score (nSPS) is 16.2. The molecule has 0 spiro atoms. The van der Waals surface area contributed by atoms with Crippen LogP contribution in [0.4, 0.5) is 0 Å². The fourth-order valence-electron chi connectivity index (χ4n) is 3.56. The summed E-state index contributed by atoms with van der Waals surface area (Å²) in [4.78, 5) is 18.9. The van der Waals surface area contributed by atoms with E-state index in [9.17, 15) is 4.79 Å². The second-order valence-electron chi connectivity index (χ2n) is 8.21. The topological polar surface area (TPSA) is 77.7 Å². The summed E-state index contributed by atoms with van der Waals surface area (Å²) in [6.07, 6.45) is 0.369. The monoisotopic (exact) mass is 421 g/mol. The highest BCUT2D eigenvalue weighted by molar-refractivity contribution is 5.79. The van der Waals surface area contributed by atoms with E-state index in [1.807, 2.05) is 53.4 Å². The fourth-order valence-corrected chi connectivity index (χ4v) is 3.56. The smallest absolute Gasteiger partial charge is 0.232 e. The zero-order valence-electron chi connectivity index (χ0n) is 18.1. The lowest BCUT2D eigenvalue weighted by molar-refractivity contribution is -0.128. The first-order chi connectivity index (χ1) is 15.0. The van der Waals surface area contributed by atoms with Gasteiger partial charge in [0, 0.05) is 25.1 Å². The average Bonchev–Trinajstić information content (AvgIpc) is 3.40. The number of carbonyl (C=O) groups is 1. The van der Waals surface area contributed by atoms with Crippen molar-refractivity contribution in [2.45, 2.75) is 32.7 Å². The highest BCUT2D eigenvalue weighted by Crippen LogP contribution is 2.30. The number of methoxy groups -OCH3 is 1. The Morgan fingerprint density at radius 2 is 1.97 bits per heavy atom. The van der Waals surface area contributed by atoms with E-state index >= 15 is 0 Å². The van der Waals surface area contributed by atoms with Crippen LogP contribution in [0.2, 0.25) is 0 Å². The number of aromatic nitrogens is 2. The van der Waals surface area contributed by atoms with Crippen LogP contribution in [-0.4, -0.2) is 41.2 Å². The van der Waals surface area contributed by atoms with Crippen molar-refractivity contribution < 1.29 is 18.8 Å². The van der Waals surface area contributed by atoms with E-state index in [0.717, 1.165) is 22.6 Å². The lowest BCUT2D eigenvalue weighted by Gasteiger charge is -2.16. The molecular weight excluding hydrogens is 394 g/mol. The van der Waals surface area contributed by atoms with Crippen molar-refractivity contribution in [3.8, 4) is 22.9 Å². The van der Waals surface area contributed by atoms with E-state index in [1.54, 1.807) is 7.11 Å². The minimum atomic E-state index is -0.104. The zero-order valence-corrected chi connectivity index (χ0v) is 18.1. The summed E-state index contributed by atoms with van der Waals surface area (Å²) in [5, 5.41) is 4.12. The van der Waals surface area contributed by atoms with Crippen LogP contribution in [0.1, 0.15) is 37.6 Å². The van der Waals surface area contributed by atoms with Crippen LogP contribution in [-0.2, 0) is 11.3 Å². The Hall–Kier alpha value is -3.35. The highest BCUT2D eigenvalue weighted by atomic mass is 16.5. The van der Waals surface area contributed by atoms with Crippen molar-refractivity contribution in [3.05, 3.63) is 60.0 Å². The second-order valence-corrected chi connectivity index (χ2v) is 8.21. The zero-order chi connectivity index (χ0) is 21.8. The fraction of sp³-hybridized carbons (Fsp3) is 0.375. The Balaban J connectivity index is 1.40. The van der Waals surface area contributed by atoms with E-state index in [1.165, 1.54) is 0 Å². The molecule has 1 atom stereocenters. The largest absolute Gasteiger partial charge is 0.497 e. The Morgan fingerprint density at radius 3 is 2.71 bits per heavy atom. The Morgan fingerprint density at radius 1 is 1.16 bits per heavy atom. The van der Waals surface area contributed by atoms with Gasteiger partial charge < -0.3 is 18.9 Å². The molecule has 1 aromatic heterocycles. The molecule has 7 nitrogen and oxygen atoms in total. The Labute approximate surface area is 182 Å². The van der Waals surface area contributed by atoms with E-state index in [-0.39, 0.29) is 11.8 Å². The summed E-state index contributed by atoms with van der Waals surface area (Å²) in [6.45, 7) is 5.99. The Kier molecular flexibility index (Phi) is 6.21. The summed E-state index contributed by atoms with van der Waals surface area (Å²) in [7, 11) is 1.63. The van der Waals surface area contributed by atoms with Crippen molar-refractivity contribution in [1.29, 1.82) is 0 Å². The quantitative estimate of drug-likeness (QED) is 0.540. The molecule has 2 heterocycles. The predicted molar refractivity (Wildman–Crippen MR) is 116 cm³/mol. The molecule has 3 aromatic rings. The SMILES string of the molecule is COc1cccc(CN2CC(c3nc(-c4ccc(OCC(C)C)cc4)no3)CC2=O)c1. The van der Waals surface area contributed by atoms with Crippen LogP contribution in [0.15, 0.2) is 53.1 Å². The van der Waals surface area contributed by atoms with Crippen molar-refractivity contribution in [2.24, 2.45) is 5.92 Å². The number of likely N-dealkylation sites (tertiary alicyclic amines) is 1. The number of nitrogens with zero attached hydrogens (tertiary/aromatic N) is 3. The van der Waals surface area contributed by atoms with Crippen LogP contribution in [0.3, 0.4) is 0 Å². The number of rotatable bonds is 8. The molecule has 31 heavy (non-hydrogen) atoms. The number of benzene rings is 2. The first-order valence-corrected chi connectivity index (χ1v) is 10.5. The van der Waals surface area contributed by atoms with Gasteiger partial charge >= 0.3 is 0 Å². The molecule has 0 saturated carbocycles. The van der Waals surface area contributed by atoms with Gasteiger partial charge in [-0.3, -0.25) is 4.79 Å². The van der Waals surface area contributed by atoms with Crippen LogP contribution in [0.25, 0.3) is 11.4 Å². The van der Waals surface area contributed by atoms with Crippen LogP contribution in [0.5, 0.6) is 11.5 Å². The van der Waals surface area contributed by atoms with Crippen LogP contribution in [0, 0.1) is 5.92 Å². The molecule has 0 aliphatic carbocycles. The number of ether oxygens (including phenoxy) is 2. The van der Waals surface area contributed by atoms with Crippen LogP contribution < -0.4 is 9.47 Å². The minimum Gasteiger partial charge on any atom is -0.497 e. The molecule has 1 aliphatic rings. The highest BCUT2D eigenvalue weighted by Gasteiger charge is 2.34. The van der Waals surface area contributed by atoms with Gasteiger partial charge in [0.1, 0.15) is 11.5 Å². The second kappa shape index (κ2) is 9.20. The minimum absolute atomic E-state index is 0.0826. The number of hydrogen-bond acceptors (Lipinski definition) is 6. The molecule has 1 aliphatic heterocycles. The molecule has 0 radical (unpaired) electrons. The van der Waals surface area contributed by atoms with E-state index in [0.29, 0.717) is 43.8 Å². The third kappa shape index (κ3) is 5.05. The van der Waals surface area contributed by atoms with Crippen molar-refractivity contribution >= 4 is 5.91 Å². The van der Waals surface area contributed by atoms with E-state index < -0.39 is 0 Å². The number of carbonyl (C=O) groups excluding carboxylic acids is 1. The van der Waals surface area contributed by atoms with Crippen LogP contribution >= 0.6 is 0 Å². The summed E-state index contributed by atoms with van der Waals surface area (Å²) in [5.74, 6) is 3.06. The van der Waals surface area contributed by atoms with Gasteiger partial charge in [-0.25, -0.2) is 0 Å². The lowest BCUT2D eigenvalue weighted by atomic mass is 10.1. The van der Waals surface area contributed by atoms with Gasteiger partial charge in [0.2, 0.25) is 17.6 Å². The molecule has 2 aromatic carbocycles. The lowest BCUT2D eigenvalue weighted by Crippen LogP contribution is -2.24. The average molecular weight is 421 g/mol. The summed E-state index contributed by atoms with van der Waals surface area (Å²) < 4.78 is 16.5. The molecule has 162 valence electrons. The van der Waals surface area contributed by atoms with Gasteiger partial charge in [0.25, 0.3) is 0 Å². The van der Waals surface area contributed by atoms with Gasteiger partial charge in [0.15, 0.2) is 0 Å². The van der Waals surface area contributed by atoms with Gasteiger partial charge in [0.05, 0.1) is 19.6 Å². The van der Waals surface area contributed by atoms with Crippen molar-refractivity contribution in [2.75, 3.05) is 20.3 Å². The molecular formula is C24H27N3O4. The molecule has 1 fully saturated rings. The number of amides is 1. The first-order valence-electron chi connectivity index (χ1n) is 10.5. The molecule has 1 unspecified atom stereocenters. The van der Waals surface area contributed by atoms with Gasteiger partial charge in [-0.1, -0.05) is 31.1 Å². The molecule has 7 heteroatoms. The van der Waals surface area contributed by atoms with Crippen molar-refractivity contribution in [1.82, 2.24) is 15.0 Å². The van der Waals surface area contributed by atoms with Crippen molar-refractivity contribution in [3.63, 3.8) is 0 Å². The maximum Gasteiger partial charge on any atom is 0.232 e. The third-order valence-electron chi connectivity index (χ3n) is 5.21. The summed E-state index contributed by atoms with van der Waals surface area (Å²) in [6, 6.07) is 15.4.